The largest absolute Gasteiger partial charge is 0.358 e. The molecule has 2 N–H and O–H groups in total. The zero-order chi connectivity index (χ0) is 12.8. The summed E-state index contributed by atoms with van der Waals surface area (Å²) in [5.74, 6) is -0.0779. The predicted molar refractivity (Wildman–Crippen MR) is 77.1 cm³/mol. The summed E-state index contributed by atoms with van der Waals surface area (Å²) in [5.41, 5.74) is 0.883. The van der Waals surface area contributed by atoms with Gasteiger partial charge < -0.3 is 15.5 Å². The molecule has 17 heavy (non-hydrogen) atoms. The van der Waals surface area contributed by atoms with E-state index >= 15 is 0 Å². The van der Waals surface area contributed by atoms with Crippen LogP contribution in [0, 0.1) is 0 Å². The van der Waals surface area contributed by atoms with Crippen molar-refractivity contribution in [3.05, 3.63) is 28.7 Å². The van der Waals surface area contributed by atoms with Crippen LogP contribution < -0.4 is 10.6 Å². The topological polar surface area (TPSA) is 44.4 Å². The maximum absolute atomic E-state index is 11.2. The van der Waals surface area contributed by atoms with Crippen LogP contribution >= 0.6 is 28.1 Å². The summed E-state index contributed by atoms with van der Waals surface area (Å²) in [4.78, 5) is 12.9. The van der Waals surface area contributed by atoms with Crippen molar-refractivity contribution < 1.29 is 4.79 Å². The summed E-state index contributed by atoms with van der Waals surface area (Å²) < 4.78 is 0.972. The van der Waals surface area contributed by atoms with Crippen molar-refractivity contribution in [2.75, 3.05) is 26.0 Å². The van der Waals surface area contributed by atoms with Gasteiger partial charge in [0.1, 0.15) is 0 Å². The highest BCUT2D eigenvalue weighted by molar-refractivity contribution is 9.10. The zero-order valence-electron chi connectivity index (χ0n) is 9.66. The number of likely N-dealkylation sites (N-methyl/N-ethyl adjacent to an activating group) is 2. The second-order valence-electron chi connectivity index (χ2n) is 3.47. The Morgan fingerprint density at radius 1 is 1.53 bits per heavy atom. The lowest BCUT2D eigenvalue weighted by molar-refractivity contribution is -0.120. The van der Waals surface area contributed by atoms with Crippen LogP contribution in [0.4, 0.5) is 5.69 Å². The van der Waals surface area contributed by atoms with Crippen LogP contribution in [0.5, 0.6) is 0 Å². The number of hydrogen-bond donors (Lipinski definition) is 2. The third-order valence-corrected chi connectivity index (χ3v) is 2.99. The van der Waals surface area contributed by atoms with E-state index in [9.17, 15) is 4.79 Å². The molecule has 0 spiro atoms. The SMILES string of the molecule is CNC(=O)CN(C)C(=S)Nc1cccc(Br)c1. The molecule has 92 valence electrons. The molecule has 4 nitrogen and oxygen atoms in total. The van der Waals surface area contributed by atoms with Crippen molar-refractivity contribution in [2.45, 2.75) is 0 Å². The number of nitrogens with one attached hydrogen (secondary N) is 2. The van der Waals surface area contributed by atoms with Crippen LogP contribution in [-0.2, 0) is 4.79 Å². The number of benzene rings is 1. The van der Waals surface area contributed by atoms with Crippen LogP contribution in [0.3, 0.4) is 0 Å². The number of thiocarbonyl (C=S) groups is 1. The first kappa shape index (κ1) is 13.9. The highest BCUT2D eigenvalue weighted by Gasteiger charge is 2.08. The van der Waals surface area contributed by atoms with E-state index in [1.807, 2.05) is 24.3 Å². The van der Waals surface area contributed by atoms with Crippen LogP contribution in [0.15, 0.2) is 28.7 Å². The van der Waals surface area contributed by atoms with Gasteiger partial charge in [-0.3, -0.25) is 4.79 Å². The van der Waals surface area contributed by atoms with Gasteiger partial charge in [-0.25, -0.2) is 0 Å². The van der Waals surface area contributed by atoms with E-state index in [-0.39, 0.29) is 12.5 Å². The van der Waals surface area contributed by atoms with E-state index < -0.39 is 0 Å². The molecule has 0 aliphatic carbocycles. The van der Waals surface area contributed by atoms with Crippen molar-refractivity contribution in [3.8, 4) is 0 Å². The number of carbonyl (C=O) groups is 1. The lowest BCUT2D eigenvalue weighted by atomic mass is 10.3. The number of carbonyl (C=O) groups excluding carboxylic acids is 1. The summed E-state index contributed by atoms with van der Waals surface area (Å²) >= 11 is 8.57. The summed E-state index contributed by atoms with van der Waals surface area (Å²) in [7, 11) is 3.36. The quantitative estimate of drug-likeness (QED) is 0.835. The average molecular weight is 316 g/mol. The lowest BCUT2D eigenvalue weighted by Crippen LogP contribution is -2.39. The van der Waals surface area contributed by atoms with Crippen LogP contribution in [0.25, 0.3) is 0 Å². The number of amides is 1. The standard InChI is InChI=1S/C11H14BrN3OS/c1-13-10(16)7-15(2)11(17)14-9-5-3-4-8(12)6-9/h3-6H,7H2,1-2H3,(H,13,16)(H,14,17). The number of nitrogens with zero attached hydrogens (tertiary/aromatic N) is 1. The molecule has 0 atom stereocenters. The zero-order valence-corrected chi connectivity index (χ0v) is 12.1. The minimum atomic E-state index is -0.0779. The maximum atomic E-state index is 11.2. The fraction of sp³-hybridized carbons (Fsp3) is 0.273. The molecule has 1 amide bonds. The Morgan fingerprint density at radius 2 is 2.24 bits per heavy atom. The molecular weight excluding hydrogens is 302 g/mol. The highest BCUT2D eigenvalue weighted by atomic mass is 79.9. The Bertz CT molecular complexity index is 425. The van der Waals surface area contributed by atoms with Crippen LogP contribution in [-0.4, -0.2) is 36.6 Å². The Labute approximate surface area is 115 Å². The summed E-state index contributed by atoms with van der Waals surface area (Å²) in [6.07, 6.45) is 0. The minimum absolute atomic E-state index is 0.0779. The molecule has 0 radical (unpaired) electrons. The van der Waals surface area contributed by atoms with E-state index in [1.54, 1.807) is 19.0 Å². The molecule has 1 aromatic rings. The van der Waals surface area contributed by atoms with Crippen LogP contribution in [0.2, 0.25) is 0 Å². The average Bonchev–Trinajstić information content (AvgIpc) is 2.28. The molecule has 0 aromatic heterocycles. The Hall–Kier alpha value is -1.14. The molecule has 0 saturated heterocycles. The molecule has 6 heteroatoms. The Balaban J connectivity index is 2.57. The van der Waals surface area contributed by atoms with Gasteiger partial charge in [-0.15, -0.1) is 0 Å². The summed E-state index contributed by atoms with van der Waals surface area (Å²) in [5, 5.41) is 6.11. The predicted octanol–water partition coefficient (Wildman–Crippen LogP) is 1.82. The number of rotatable bonds is 3. The van der Waals surface area contributed by atoms with Crippen molar-refractivity contribution >= 4 is 44.9 Å². The monoisotopic (exact) mass is 315 g/mol. The first-order valence-electron chi connectivity index (χ1n) is 5.01. The first-order valence-corrected chi connectivity index (χ1v) is 6.21. The maximum Gasteiger partial charge on any atom is 0.239 e. The van der Waals surface area contributed by atoms with Crippen molar-refractivity contribution in [1.82, 2.24) is 10.2 Å². The highest BCUT2D eigenvalue weighted by Crippen LogP contribution is 2.15. The second-order valence-corrected chi connectivity index (χ2v) is 4.77. The molecule has 0 fully saturated rings. The first-order chi connectivity index (χ1) is 8.02. The summed E-state index contributed by atoms with van der Waals surface area (Å²) in [6.45, 7) is 0.232. The number of hydrogen-bond acceptors (Lipinski definition) is 2. The lowest BCUT2D eigenvalue weighted by Gasteiger charge is -2.20. The van der Waals surface area contributed by atoms with Crippen molar-refractivity contribution in [1.29, 1.82) is 0 Å². The van der Waals surface area contributed by atoms with Crippen molar-refractivity contribution in [2.24, 2.45) is 0 Å². The van der Waals surface area contributed by atoms with Gasteiger partial charge in [-0.1, -0.05) is 22.0 Å². The molecule has 1 rings (SSSR count). The summed E-state index contributed by atoms with van der Waals surface area (Å²) in [6, 6.07) is 7.67. The van der Waals surface area contributed by atoms with Gasteiger partial charge in [0.05, 0.1) is 6.54 Å². The normalized spacial score (nSPS) is 9.59. The molecule has 0 saturated carbocycles. The van der Waals surface area contributed by atoms with Gasteiger partial charge in [0, 0.05) is 24.3 Å². The van der Waals surface area contributed by atoms with E-state index in [0.29, 0.717) is 5.11 Å². The van der Waals surface area contributed by atoms with Crippen LogP contribution in [0.1, 0.15) is 0 Å². The second kappa shape index (κ2) is 6.56. The molecule has 1 aromatic carbocycles. The van der Waals surface area contributed by atoms with Gasteiger partial charge in [0.2, 0.25) is 5.91 Å². The molecular formula is C11H14BrN3OS. The molecule has 0 bridgehead atoms. The Kier molecular flexibility index (Phi) is 5.37. The minimum Gasteiger partial charge on any atom is -0.358 e. The van der Waals surface area contributed by atoms with E-state index in [2.05, 4.69) is 26.6 Å². The molecule has 0 unspecified atom stereocenters. The third-order valence-electron chi connectivity index (χ3n) is 2.08. The fourth-order valence-electron chi connectivity index (χ4n) is 1.15. The Morgan fingerprint density at radius 3 is 2.82 bits per heavy atom. The van der Waals surface area contributed by atoms with E-state index in [0.717, 1.165) is 10.2 Å². The van der Waals surface area contributed by atoms with Crippen molar-refractivity contribution in [3.63, 3.8) is 0 Å². The molecule has 0 heterocycles. The third kappa shape index (κ3) is 4.70. The van der Waals surface area contributed by atoms with Gasteiger partial charge in [0.15, 0.2) is 5.11 Å². The van der Waals surface area contributed by atoms with Gasteiger partial charge in [0.25, 0.3) is 0 Å². The van der Waals surface area contributed by atoms with E-state index in [1.165, 1.54) is 0 Å². The molecule has 0 aliphatic rings. The number of anilines is 1. The van der Waals surface area contributed by atoms with Gasteiger partial charge in [-0.2, -0.15) is 0 Å². The van der Waals surface area contributed by atoms with E-state index in [4.69, 9.17) is 12.2 Å². The van der Waals surface area contributed by atoms with Gasteiger partial charge >= 0.3 is 0 Å². The number of halogens is 1. The molecule has 0 aliphatic heterocycles. The smallest absolute Gasteiger partial charge is 0.239 e. The van der Waals surface area contributed by atoms with Gasteiger partial charge in [-0.05, 0) is 30.4 Å². The fourth-order valence-corrected chi connectivity index (χ4v) is 1.73.